The first-order valence-corrected chi connectivity index (χ1v) is 8.82. The van der Waals surface area contributed by atoms with Crippen LogP contribution in [0.2, 0.25) is 0 Å². The Labute approximate surface area is 153 Å². The molecule has 4 heteroatoms. The second-order valence-corrected chi connectivity index (χ2v) is 6.50. The van der Waals surface area contributed by atoms with Crippen LogP contribution in [0.25, 0.3) is 11.1 Å². The number of hydrogen-bond acceptors (Lipinski definition) is 4. The van der Waals surface area contributed by atoms with Crippen molar-refractivity contribution in [2.24, 2.45) is 0 Å². The lowest BCUT2D eigenvalue weighted by Gasteiger charge is -2.21. The predicted molar refractivity (Wildman–Crippen MR) is 106 cm³/mol. The molecule has 4 N–H and O–H groups in total. The highest BCUT2D eigenvalue weighted by molar-refractivity contribution is 5.75. The first kappa shape index (κ1) is 16.3. The summed E-state index contributed by atoms with van der Waals surface area (Å²) < 4.78 is 11.5. The van der Waals surface area contributed by atoms with E-state index >= 15 is 0 Å². The number of rotatable bonds is 5. The zero-order valence-corrected chi connectivity index (χ0v) is 14.6. The fraction of sp³-hybridized carbons (Fsp3) is 0.182. The molecule has 3 aromatic rings. The zero-order chi connectivity index (χ0) is 17.9. The van der Waals surface area contributed by atoms with E-state index in [0.29, 0.717) is 13.2 Å². The number of anilines is 2. The van der Waals surface area contributed by atoms with Crippen LogP contribution in [0.5, 0.6) is 11.5 Å². The molecular weight excluding hydrogens is 324 g/mol. The van der Waals surface area contributed by atoms with E-state index in [1.54, 1.807) is 0 Å². The van der Waals surface area contributed by atoms with Crippen LogP contribution in [0.1, 0.15) is 11.1 Å². The predicted octanol–water partition coefficient (Wildman–Crippen LogP) is 4.07. The maximum Gasteiger partial charge on any atom is 0.122 e. The normalized spacial score (nSPS) is 12.2. The average Bonchev–Trinajstić information content (AvgIpc) is 2.66. The second kappa shape index (κ2) is 7.00. The van der Waals surface area contributed by atoms with Crippen LogP contribution in [0.15, 0.2) is 60.7 Å². The molecule has 0 heterocycles. The van der Waals surface area contributed by atoms with Gasteiger partial charge in [-0.25, -0.2) is 0 Å². The quantitative estimate of drug-likeness (QED) is 0.539. The van der Waals surface area contributed by atoms with Gasteiger partial charge in [0.05, 0.1) is 0 Å². The van der Waals surface area contributed by atoms with Gasteiger partial charge in [-0.2, -0.15) is 0 Å². The monoisotopic (exact) mass is 346 g/mol. The van der Waals surface area contributed by atoms with Crippen LogP contribution in [0.3, 0.4) is 0 Å². The van der Waals surface area contributed by atoms with Crippen LogP contribution < -0.4 is 20.9 Å². The Morgan fingerprint density at radius 1 is 0.615 bits per heavy atom. The van der Waals surface area contributed by atoms with E-state index in [-0.39, 0.29) is 0 Å². The van der Waals surface area contributed by atoms with Gasteiger partial charge in [0.2, 0.25) is 0 Å². The van der Waals surface area contributed by atoms with Gasteiger partial charge in [0.1, 0.15) is 24.7 Å². The Kier molecular flexibility index (Phi) is 4.40. The maximum atomic E-state index is 5.91. The minimum Gasteiger partial charge on any atom is -0.490 e. The van der Waals surface area contributed by atoms with Crippen molar-refractivity contribution in [1.29, 1.82) is 0 Å². The summed E-state index contributed by atoms with van der Waals surface area (Å²) in [6.07, 6.45) is 2.02. The smallest absolute Gasteiger partial charge is 0.122 e. The molecule has 4 rings (SSSR count). The summed E-state index contributed by atoms with van der Waals surface area (Å²) in [7, 11) is 0. The second-order valence-electron chi connectivity index (χ2n) is 6.50. The SMILES string of the molecule is Nc1ccc(OCCOc2ccc3c(c2)CCc2cc(N)ccc2-3)cc1. The standard InChI is InChI=1S/C22H22N2O2/c23-17-3-6-19(7-4-17)25-11-12-26-20-8-10-22-16(14-20)2-1-15-13-18(24)5-9-21(15)22/h3-10,13-14H,1-2,11-12,23-24H2. The number of benzene rings is 3. The van der Waals surface area contributed by atoms with E-state index in [4.69, 9.17) is 20.9 Å². The largest absolute Gasteiger partial charge is 0.490 e. The Bertz CT molecular complexity index is 920. The van der Waals surface area contributed by atoms with Gasteiger partial charge in [0, 0.05) is 11.4 Å². The summed E-state index contributed by atoms with van der Waals surface area (Å²) in [4.78, 5) is 0. The van der Waals surface area contributed by atoms with E-state index < -0.39 is 0 Å². The molecule has 0 fully saturated rings. The molecule has 132 valence electrons. The lowest BCUT2D eigenvalue weighted by atomic mass is 9.85. The number of hydrogen-bond donors (Lipinski definition) is 2. The fourth-order valence-corrected chi connectivity index (χ4v) is 3.37. The third-order valence-electron chi connectivity index (χ3n) is 4.66. The van der Waals surface area contributed by atoms with Crippen molar-refractivity contribution in [3.05, 3.63) is 71.8 Å². The van der Waals surface area contributed by atoms with Crippen LogP contribution >= 0.6 is 0 Å². The van der Waals surface area contributed by atoms with E-state index in [2.05, 4.69) is 24.3 Å². The third kappa shape index (κ3) is 3.45. The molecule has 0 amide bonds. The molecular formula is C22H22N2O2. The van der Waals surface area contributed by atoms with Gasteiger partial charge in [-0.05, 0) is 83.6 Å². The maximum absolute atomic E-state index is 5.91. The van der Waals surface area contributed by atoms with Gasteiger partial charge in [-0.1, -0.05) is 12.1 Å². The molecule has 3 aromatic carbocycles. The highest BCUT2D eigenvalue weighted by Crippen LogP contribution is 2.36. The summed E-state index contributed by atoms with van der Waals surface area (Å²) in [6, 6.07) is 19.8. The van der Waals surface area contributed by atoms with Gasteiger partial charge in [0.25, 0.3) is 0 Å². The van der Waals surface area contributed by atoms with Gasteiger partial charge >= 0.3 is 0 Å². The molecule has 1 aliphatic carbocycles. The van der Waals surface area contributed by atoms with Crippen LogP contribution in [0, 0.1) is 0 Å². The highest BCUT2D eigenvalue weighted by atomic mass is 16.5. The molecule has 0 saturated heterocycles. The number of fused-ring (bicyclic) bond motifs is 3. The molecule has 0 bridgehead atoms. The van der Waals surface area contributed by atoms with E-state index in [0.717, 1.165) is 35.7 Å². The molecule has 0 unspecified atom stereocenters. The molecule has 0 atom stereocenters. The number of ether oxygens (including phenoxy) is 2. The van der Waals surface area contributed by atoms with Gasteiger partial charge in [-0.15, -0.1) is 0 Å². The molecule has 0 spiro atoms. The first-order valence-electron chi connectivity index (χ1n) is 8.82. The molecule has 1 aliphatic rings. The number of nitrogen functional groups attached to an aromatic ring is 2. The molecule has 0 aromatic heterocycles. The summed E-state index contributed by atoms with van der Waals surface area (Å²) in [5, 5.41) is 0. The Morgan fingerprint density at radius 3 is 1.88 bits per heavy atom. The molecule has 0 radical (unpaired) electrons. The van der Waals surface area contributed by atoms with Crippen molar-refractivity contribution in [3.8, 4) is 22.6 Å². The van der Waals surface area contributed by atoms with Crippen molar-refractivity contribution < 1.29 is 9.47 Å². The van der Waals surface area contributed by atoms with E-state index in [1.165, 1.54) is 22.3 Å². The minimum absolute atomic E-state index is 0.489. The Balaban J connectivity index is 1.39. The zero-order valence-electron chi connectivity index (χ0n) is 14.6. The number of nitrogens with two attached hydrogens (primary N) is 2. The lowest BCUT2D eigenvalue weighted by Crippen LogP contribution is -2.10. The molecule has 0 aliphatic heterocycles. The van der Waals surface area contributed by atoms with E-state index in [9.17, 15) is 0 Å². The summed E-state index contributed by atoms with van der Waals surface area (Å²) in [5.41, 5.74) is 18.3. The van der Waals surface area contributed by atoms with Crippen molar-refractivity contribution in [3.63, 3.8) is 0 Å². The van der Waals surface area contributed by atoms with Crippen molar-refractivity contribution >= 4 is 11.4 Å². The van der Waals surface area contributed by atoms with Gasteiger partial charge in [-0.3, -0.25) is 0 Å². The number of aryl methyl sites for hydroxylation is 2. The summed E-state index contributed by atoms with van der Waals surface area (Å²) in [6.45, 7) is 0.986. The first-order chi connectivity index (χ1) is 12.7. The fourth-order valence-electron chi connectivity index (χ4n) is 3.37. The van der Waals surface area contributed by atoms with Crippen molar-refractivity contribution in [1.82, 2.24) is 0 Å². The molecule has 0 saturated carbocycles. The Morgan fingerprint density at radius 2 is 1.15 bits per heavy atom. The minimum atomic E-state index is 0.489. The van der Waals surface area contributed by atoms with Crippen LogP contribution in [-0.2, 0) is 12.8 Å². The molecule has 4 nitrogen and oxygen atoms in total. The average molecular weight is 346 g/mol. The van der Waals surface area contributed by atoms with Crippen molar-refractivity contribution in [2.75, 3.05) is 24.7 Å². The lowest BCUT2D eigenvalue weighted by molar-refractivity contribution is 0.217. The van der Waals surface area contributed by atoms with Gasteiger partial charge in [0.15, 0.2) is 0 Å². The van der Waals surface area contributed by atoms with Crippen molar-refractivity contribution in [2.45, 2.75) is 12.8 Å². The molecule has 26 heavy (non-hydrogen) atoms. The topological polar surface area (TPSA) is 70.5 Å². The van der Waals surface area contributed by atoms with Crippen LogP contribution in [-0.4, -0.2) is 13.2 Å². The highest BCUT2D eigenvalue weighted by Gasteiger charge is 2.16. The Hall–Kier alpha value is -3.14. The summed E-state index contributed by atoms with van der Waals surface area (Å²) in [5.74, 6) is 1.67. The summed E-state index contributed by atoms with van der Waals surface area (Å²) >= 11 is 0. The van der Waals surface area contributed by atoms with E-state index in [1.807, 2.05) is 36.4 Å². The van der Waals surface area contributed by atoms with Crippen LogP contribution in [0.4, 0.5) is 11.4 Å². The third-order valence-corrected chi connectivity index (χ3v) is 4.66. The van der Waals surface area contributed by atoms with Gasteiger partial charge < -0.3 is 20.9 Å².